The number of carbonyl (C=O) groups excluding carboxylic acids is 4. The Hall–Kier alpha value is -4.26. The molecule has 1 saturated heterocycles. The second-order valence-corrected chi connectivity index (χ2v) is 7.70. The van der Waals surface area contributed by atoms with Gasteiger partial charge in [0.2, 0.25) is 0 Å². The first-order chi connectivity index (χ1) is 14.9. The maximum atomic E-state index is 12.9. The quantitative estimate of drug-likeness (QED) is 0.450. The van der Waals surface area contributed by atoms with E-state index in [9.17, 15) is 19.2 Å². The average molecular weight is 411 g/mol. The van der Waals surface area contributed by atoms with Crippen LogP contribution in [0.25, 0.3) is 11.1 Å². The summed E-state index contributed by atoms with van der Waals surface area (Å²) in [7, 11) is 0. The van der Waals surface area contributed by atoms with Crippen molar-refractivity contribution < 1.29 is 19.2 Å². The summed E-state index contributed by atoms with van der Waals surface area (Å²) in [4.78, 5) is 49.3. The summed E-state index contributed by atoms with van der Waals surface area (Å²) < 4.78 is 0. The Bertz CT molecular complexity index is 1310. The Balaban J connectivity index is 1.42. The van der Waals surface area contributed by atoms with Gasteiger partial charge in [-0.15, -0.1) is 0 Å². The van der Waals surface area contributed by atoms with Gasteiger partial charge in [0.1, 0.15) is 5.54 Å². The number of rotatable bonds is 3. The largest absolute Gasteiger partial charge is 0.322 e. The lowest BCUT2D eigenvalue weighted by atomic mass is 9.92. The first kappa shape index (κ1) is 18.7. The van der Waals surface area contributed by atoms with Gasteiger partial charge in [-0.25, -0.2) is 4.79 Å². The Morgan fingerprint density at radius 2 is 1.58 bits per heavy atom. The predicted molar refractivity (Wildman–Crippen MR) is 114 cm³/mol. The highest BCUT2D eigenvalue weighted by atomic mass is 16.2. The lowest BCUT2D eigenvalue weighted by Crippen LogP contribution is -2.40. The molecule has 1 fully saturated rings. The number of amides is 4. The van der Waals surface area contributed by atoms with Gasteiger partial charge in [0.15, 0.2) is 5.78 Å². The molecule has 0 bridgehead atoms. The van der Waals surface area contributed by atoms with Crippen LogP contribution in [0, 0.1) is 0 Å². The van der Waals surface area contributed by atoms with E-state index in [1.807, 2.05) is 18.2 Å². The molecule has 1 aliphatic heterocycles. The zero-order valence-corrected chi connectivity index (χ0v) is 16.5. The normalized spacial score (nSPS) is 18.8. The molecule has 1 atom stereocenters. The number of anilines is 1. The summed E-state index contributed by atoms with van der Waals surface area (Å²) >= 11 is 0. The highest BCUT2D eigenvalue weighted by molar-refractivity contribution is 6.22. The van der Waals surface area contributed by atoms with Gasteiger partial charge in [-0.3, -0.25) is 19.7 Å². The smallest absolute Gasteiger partial charge is 0.322 e. The molecule has 31 heavy (non-hydrogen) atoms. The van der Waals surface area contributed by atoms with Crippen molar-refractivity contribution >= 4 is 29.3 Å². The van der Waals surface area contributed by atoms with Crippen LogP contribution in [-0.2, 0) is 10.3 Å². The Kier molecular flexibility index (Phi) is 4.01. The van der Waals surface area contributed by atoms with E-state index >= 15 is 0 Å². The standard InChI is InChI=1S/C24H17N3O4/c1-24(22(30)26-23(31)27-24)14-5-4-6-15(12-14)25-21(29)13-9-10-17-16-7-2-3-8-18(16)20(28)19(17)11-13/h2-12H,1H3,(H,25,29)(H2,26,27,30,31). The van der Waals surface area contributed by atoms with E-state index in [2.05, 4.69) is 16.0 Å². The number of imide groups is 1. The molecular weight excluding hydrogens is 394 g/mol. The van der Waals surface area contributed by atoms with Gasteiger partial charge in [-0.2, -0.15) is 0 Å². The van der Waals surface area contributed by atoms with Crippen molar-refractivity contribution in [2.45, 2.75) is 12.5 Å². The van der Waals surface area contributed by atoms with Gasteiger partial charge in [0.05, 0.1) is 0 Å². The molecule has 5 rings (SSSR count). The minimum absolute atomic E-state index is 0.0989. The van der Waals surface area contributed by atoms with E-state index in [1.165, 1.54) is 0 Å². The minimum Gasteiger partial charge on any atom is -0.322 e. The fourth-order valence-corrected chi connectivity index (χ4v) is 4.03. The van der Waals surface area contributed by atoms with E-state index in [4.69, 9.17) is 0 Å². The molecule has 3 aromatic rings. The van der Waals surface area contributed by atoms with Crippen LogP contribution in [0.1, 0.15) is 38.8 Å². The van der Waals surface area contributed by atoms with Crippen LogP contribution in [0.2, 0.25) is 0 Å². The Morgan fingerprint density at radius 1 is 0.839 bits per heavy atom. The lowest BCUT2D eigenvalue weighted by molar-refractivity contribution is -0.123. The maximum absolute atomic E-state index is 12.9. The third-order valence-electron chi connectivity index (χ3n) is 5.73. The molecule has 7 nitrogen and oxygen atoms in total. The number of hydrogen-bond donors (Lipinski definition) is 3. The van der Waals surface area contributed by atoms with E-state index in [0.717, 1.165) is 11.1 Å². The van der Waals surface area contributed by atoms with Crippen LogP contribution in [0.3, 0.4) is 0 Å². The van der Waals surface area contributed by atoms with E-state index < -0.39 is 17.5 Å². The van der Waals surface area contributed by atoms with Crippen LogP contribution in [0.4, 0.5) is 10.5 Å². The van der Waals surface area contributed by atoms with Crippen LogP contribution in [-0.4, -0.2) is 23.6 Å². The fourth-order valence-electron chi connectivity index (χ4n) is 4.03. The molecule has 3 aromatic carbocycles. The summed E-state index contributed by atoms with van der Waals surface area (Å²) in [6.45, 7) is 1.60. The van der Waals surface area contributed by atoms with Gasteiger partial charge >= 0.3 is 6.03 Å². The molecule has 0 saturated carbocycles. The van der Waals surface area contributed by atoms with Gasteiger partial charge in [0.25, 0.3) is 11.8 Å². The van der Waals surface area contributed by atoms with E-state index in [0.29, 0.717) is 27.9 Å². The summed E-state index contributed by atoms with van der Waals surface area (Å²) in [6.07, 6.45) is 0. The van der Waals surface area contributed by atoms with Crippen molar-refractivity contribution in [3.05, 3.63) is 89.0 Å². The number of ketones is 1. The number of nitrogens with one attached hydrogen (secondary N) is 3. The van der Waals surface area contributed by atoms with Gasteiger partial charge in [-0.05, 0) is 47.9 Å². The molecular formula is C24H17N3O4. The average Bonchev–Trinajstić information content (AvgIpc) is 3.21. The van der Waals surface area contributed by atoms with Crippen molar-refractivity contribution in [1.82, 2.24) is 10.6 Å². The number of hydrogen-bond acceptors (Lipinski definition) is 4. The van der Waals surface area contributed by atoms with Crippen molar-refractivity contribution in [2.75, 3.05) is 5.32 Å². The fraction of sp³-hybridized carbons (Fsp3) is 0.0833. The molecule has 7 heteroatoms. The number of fused-ring (bicyclic) bond motifs is 3. The maximum Gasteiger partial charge on any atom is 0.322 e. The molecule has 0 radical (unpaired) electrons. The molecule has 4 amide bonds. The molecule has 152 valence electrons. The first-order valence-electron chi connectivity index (χ1n) is 9.70. The molecule has 1 unspecified atom stereocenters. The molecule has 2 aliphatic rings. The van der Waals surface area contributed by atoms with Gasteiger partial charge in [0, 0.05) is 22.4 Å². The Labute approximate surface area is 177 Å². The number of urea groups is 1. The topological polar surface area (TPSA) is 104 Å². The highest BCUT2D eigenvalue weighted by Crippen LogP contribution is 2.36. The molecule has 0 spiro atoms. The van der Waals surface area contributed by atoms with Crippen molar-refractivity contribution in [2.24, 2.45) is 0 Å². The second-order valence-electron chi connectivity index (χ2n) is 7.70. The van der Waals surface area contributed by atoms with Crippen molar-refractivity contribution in [3.63, 3.8) is 0 Å². The zero-order chi connectivity index (χ0) is 21.8. The second kappa shape index (κ2) is 6.63. The third-order valence-corrected chi connectivity index (χ3v) is 5.73. The van der Waals surface area contributed by atoms with Gasteiger partial charge < -0.3 is 10.6 Å². The van der Waals surface area contributed by atoms with Crippen LogP contribution < -0.4 is 16.0 Å². The summed E-state index contributed by atoms with van der Waals surface area (Å²) in [6, 6.07) is 18.6. The SMILES string of the molecule is CC1(c2cccc(NC(=O)c3ccc4c(c3)C(=O)c3ccccc3-4)c2)NC(=O)NC1=O. The third kappa shape index (κ3) is 2.90. The Morgan fingerprint density at radius 3 is 2.32 bits per heavy atom. The number of benzene rings is 3. The number of carbonyl (C=O) groups is 4. The highest BCUT2D eigenvalue weighted by Gasteiger charge is 2.43. The summed E-state index contributed by atoms with van der Waals surface area (Å²) in [5, 5.41) is 7.62. The summed E-state index contributed by atoms with van der Waals surface area (Å²) in [5.41, 5.74) is 2.95. The minimum atomic E-state index is -1.22. The molecule has 0 aromatic heterocycles. The zero-order valence-electron chi connectivity index (χ0n) is 16.5. The molecule has 3 N–H and O–H groups in total. The van der Waals surface area contributed by atoms with Crippen LogP contribution >= 0.6 is 0 Å². The predicted octanol–water partition coefficient (Wildman–Crippen LogP) is 3.20. The van der Waals surface area contributed by atoms with Crippen LogP contribution in [0.15, 0.2) is 66.7 Å². The molecule has 1 heterocycles. The molecule has 1 aliphatic carbocycles. The van der Waals surface area contributed by atoms with Crippen LogP contribution in [0.5, 0.6) is 0 Å². The summed E-state index contributed by atoms with van der Waals surface area (Å²) in [5.74, 6) is -0.940. The van der Waals surface area contributed by atoms with Crippen molar-refractivity contribution in [3.8, 4) is 11.1 Å². The monoisotopic (exact) mass is 411 g/mol. The van der Waals surface area contributed by atoms with Gasteiger partial charge in [-0.1, -0.05) is 42.5 Å². The lowest BCUT2D eigenvalue weighted by Gasteiger charge is -2.21. The van der Waals surface area contributed by atoms with Crippen molar-refractivity contribution in [1.29, 1.82) is 0 Å². The van der Waals surface area contributed by atoms with E-state index in [-0.39, 0.29) is 11.7 Å². The van der Waals surface area contributed by atoms with E-state index in [1.54, 1.807) is 55.5 Å². The first-order valence-corrected chi connectivity index (χ1v) is 9.70.